The van der Waals surface area contributed by atoms with Crippen LogP contribution in [0.1, 0.15) is 30.8 Å². The average molecular weight is 217 g/mol. The first kappa shape index (κ1) is 11.0. The predicted molar refractivity (Wildman–Crippen MR) is 65.4 cm³/mol. The van der Waals surface area contributed by atoms with E-state index >= 15 is 0 Å². The molecule has 2 rings (SSSR count). The standard InChI is InChI=1S/C13H19N3/c1-11(12-5-4-9-15(12)2)6-7-13-14-8-10-16(13)3/h4-5,8-11H,6-7H2,1-3H3. The lowest BCUT2D eigenvalue weighted by Gasteiger charge is -2.12. The molecule has 0 amide bonds. The summed E-state index contributed by atoms with van der Waals surface area (Å²) < 4.78 is 4.29. The fourth-order valence-electron chi connectivity index (χ4n) is 2.12. The normalized spacial score (nSPS) is 12.9. The maximum absolute atomic E-state index is 4.35. The quantitative estimate of drug-likeness (QED) is 0.771. The average Bonchev–Trinajstić information content (AvgIpc) is 2.84. The number of nitrogens with zero attached hydrogens (tertiary/aromatic N) is 3. The second-order valence-electron chi connectivity index (χ2n) is 4.44. The second kappa shape index (κ2) is 4.56. The van der Waals surface area contributed by atoms with E-state index in [1.807, 2.05) is 12.4 Å². The highest BCUT2D eigenvalue weighted by molar-refractivity contribution is 5.11. The van der Waals surface area contributed by atoms with Gasteiger partial charge in [-0.15, -0.1) is 0 Å². The Kier molecular flexibility index (Phi) is 3.13. The molecule has 1 unspecified atom stereocenters. The molecule has 0 aliphatic heterocycles. The third-order valence-electron chi connectivity index (χ3n) is 3.21. The van der Waals surface area contributed by atoms with Crippen molar-refractivity contribution in [1.29, 1.82) is 0 Å². The van der Waals surface area contributed by atoms with Crippen LogP contribution in [-0.2, 0) is 20.5 Å². The molecule has 1 atom stereocenters. The van der Waals surface area contributed by atoms with Gasteiger partial charge in [0.05, 0.1) is 0 Å². The molecule has 0 aromatic carbocycles. The van der Waals surface area contributed by atoms with E-state index in [0.29, 0.717) is 5.92 Å². The van der Waals surface area contributed by atoms with Gasteiger partial charge in [0.1, 0.15) is 5.82 Å². The lowest BCUT2D eigenvalue weighted by atomic mass is 10.0. The van der Waals surface area contributed by atoms with E-state index in [1.54, 1.807) is 0 Å². The zero-order valence-corrected chi connectivity index (χ0v) is 10.2. The largest absolute Gasteiger partial charge is 0.354 e. The van der Waals surface area contributed by atoms with Gasteiger partial charge in [-0.2, -0.15) is 0 Å². The van der Waals surface area contributed by atoms with E-state index < -0.39 is 0 Å². The second-order valence-corrected chi connectivity index (χ2v) is 4.44. The van der Waals surface area contributed by atoms with Crippen molar-refractivity contribution < 1.29 is 0 Å². The summed E-state index contributed by atoms with van der Waals surface area (Å²) in [6, 6.07) is 4.30. The molecule has 16 heavy (non-hydrogen) atoms. The first-order chi connectivity index (χ1) is 7.68. The summed E-state index contributed by atoms with van der Waals surface area (Å²) in [5, 5.41) is 0. The number of hydrogen-bond donors (Lipinski definition) is 0. The van der Waals surface area contributed by atoms with Crippen LogP contribution < -0.4 is 0 Å². The van der Waals surface area contributed by atoms with Crippen LogP contribution in [0.25, 0.3) is 0 Å². The molecule has 0 aliphatic rings. The van der Waals surface area contributed by atoms with Crippen LogP contribution in [0, 0.1) is 0 Å². The Bertz CT molecular complexity index is 453. The fraction of sp³-hybridized carbons (Fsp3) is 0.462. The maximum atomic E-state index is 4.35. The number of imidazole rings is 1. The molecule has 0 spiro atoms. The number of aromatic nitrogens is 3. The minimum atomic E-state index is 0.580. The van der Waals surface area contributed by atoms with E-state index in [0.717, 1.165) is 12.8 Å². The zero-order valence-electron chi connectivity index (χ0n) is 10.2. The van der Waals surface area contributed by atoms with Crippen molar-refractivity contribution >= 4 is 0 Å². The van der Waals surface area contributed by atoms with Crippen molar-refractivity contribution in [2.24, 2.45) is 14.1 Å². The molecule has 0 N–H and O–H groups in total. The van der Waals surface area contributed by atoms with Crippen molar-refractivity contribution in [2.45, 2.75) is 25.7 Å². The molecule has 0 aliphatic carbocycles. The third kappa shape index (κ3) is 2.18. The molecule has 0 radical (unpaired) electrons. The van der Waals surface area contributed by atoms with Gasteiger partial charge in [-0.1, -0.05) is 6.92 Å². The van der Waals surface area contributed by atoms with Gasteiger partial charge in [0.25, 0.3) is 0 Å². The van der Waals surface area contributed by atoms with Gasteiger partial charge in [0.15, 0.2) is 0 Å². The lowest BCUT2D eigenvalue weighted by molar-refractivity contribution is 0.607. The summed E-state index contributed by atoms with van der Waals surface area (Å²) in [5.41, 5.74) is 1.40. The van der Waals surface area contributed by atoms with Crippen LogP contribution in [0.2, 0.25) is 0 Å². The Hall–Kier alpha value is -1.51. The summed E-state index contributed by atoms with van der Waals surface area (Å²) in [7, 11) is 4.15. The van der Waals surface area contributed by atoms with Crippen LogP contribution in [-0.4, -0.2) is 14.1 Å². The fourth-order valence-corrected chi connectivity index (χ4v) is 2.12. The smallest absolute Gasteiger partial charge is 0.108 e. The highest BCUT2D eigenvalue weighted by Crippen LogP contribution is 2.20. The minimum absolute atomic E-state index is 0.580. The summed E-state index contributed by atoms with van der Waals surface area (Å²) >= 11 is 0. The molecule has 86 valence electrons. The van der Waals surface area contributed by atoms with Gasteiger partial charge in [0.2, 0.25) is 0 Å². The van der Waals surface area contributed by atoms with Crippen LogP contribution in [0.15, 0.2) is 30.7 Å². The van der Waals surface area contributed by atoms with E-state index in [1.165, 1.54) is 11.5 Å². The SMILES string of the molecule is CC(CCc1nccn1C)c1cccn1C. The van der Waals surface area contributed by atoms with E-state index in [2.05, 4.69) is 53.5 Å². The predicted octanol–water partition coefficient (Wildman–Crippen LogP) is 2.49. The van der Waals surface area contributed by atoms with Crippen LogP contribution in [0.5, 0.6) is 0 Å². The number of aryl methyl sites for hydroxylation is 3. The Labute approximate surface area is 96.7 Å². The summed E-state index contributed by atoms with van der Waals surface area (Å²) in [4.78, 5) is 4.35. The highest BCUT2D eigenvalue weighted by Gasteiger charge is 2.09. The van der Waals surface area contributed by atoms with E-state index in [9.17, 15) is 0 Å². The van der Waals surface area contributed by atoms with Crippen LogP contribution in [0.3, 0.4) is 0 Å². The summed E-state index contributed by atoms with van der Waals surface area (Å²) in [5.74, 6) is 1.75. The Morgan fingerprint density at radius 1 is 1.25 bits per heavy atom. The summed E-state index contributed by atoms with van der Waals surface area (Å²) in [6.45, 7) is 2.28. The lowest BCUT2D eigenvalue weighted by Crippen LogP contribution is -2.04. The third-order valence-corrected chi connectivity index (χ3v) is 3.21. The molecule has 0 fully saturated rings. The Morgan fingerprint density at radius 3 is 2.62 bits per heavy atom. The number of hydrogen-bond acceptors (Lipinski definition) is 1. The maximum Gasteiger partial charge on any atom is 0.108 e. The molecule has 0 saturated heterocycles. The first-order valence-corrected chi connectivity index (χ1v) is 5.76. The van der Waals surface area contributed by atoms with Gasteiger partial charge in [-0.05, 0) is 24.5 Å². The van der Waals surface area contributed by atoms with Gasteiger partial charge in [-0.3, -0.25) is 0 Å². The van der Waals surface area contributed by atoms with Crippen molar-refractivity contribution in [1.82, 2.24) is 14.1 Å². The Morgan fingerprint density at radius 2 is 2.06 bits per heavy atom. The van der Waals surface area contributed by atoms with Gasteiger partial charge in [-0.25, -0.2) is 4.98 Å². The van der Waals surface area contributed by atoms with E-state index in [-0.39, 0.29) is 0 Å². The minimum Gasteiger partial charge on any atom is -0.354 e. The summed E-state index contributed by atoms with van der Waals surface area (Å²) in [6.07, 6.45) is 8.15. The molecule has 2 aromatic rings. The number of rotatable bonds is 4. The van der Waals surface area contributed by atoms with Crippen molar-refractivity contribution in [2.75, 3.05) is 0 Å². The Balaban J connectivity index is 1.97. The van der Waals surface area contributed by atoms with Crippen molar-refractivity contribution in [3.8, 4) is 0 Å². The topological polar surface area (TPSA) is 22.8 Å². The highest BCUT2D eigenvalue weighted by atomic mass is 15.0. The van der Waals surface area contributed by atoms with Crippen molar-refractivity contribution in [3.63, 3.8) is 0 Å². The molecule has 2 heterocycles. The molecule has 0 saturated carbocycles. The van der Waals surface area contributed by atoms with Crippen LogP contribution in [0.4, 0.5) is 0 Å². The monoisotopic (exact) mass is 217 g/mol. The van der Waals surface area contributed by atoms with Gasteiger partial charge in [0, 0.05) is 44.8 Å². The van der Waals surface area contributed by atoms with Crippen molar-refractivity contribution in [3.05, 3.63) is 42.2 Å². The zero-order chi connectivity index (χ0) is 11.5. The molecule has 3 heteroatoms. The first-order valence-electron chi connectivity index (χ1n) is 5.76. The van der Waals surface area contributed by atoms with Crippen LogP contribution >= 0.6 is 0 Å². The molecule has 3 nitrogen and oxygen atoms in total. The molecular weight excluding hydrogens is 198 g/mol. The molecule has 0 bridgehead atoms. The molecule has 2 aromatic heterocycles. The van der Waals surface area contributed by atoms with E-state index in [4.69, 9.17) is 0 Å². The van der Waals surface area contributed by atoms with Gasteiger partial charge >= 0.3 is 0 Å². The van der Waals surface area contributed by atoms with Gasteiger partial charge < -0.3 is 9.13 Å². The molecular formula is C13H19N3.